The molecule has 2 heterocycles. The van der Waals surface area contributed by atoms with Crippen molar-refractivity contribution < 1.29 is 85.5 Å². The van der Waals surface area contributed by atoms with E-state index in [0.717, 1.165) is 17.1 Å². The lowest BCUT2D eigenvalue weighted by atomic mass is 9.89. The number of benzene rings is 2. The van der Waals surface area contributed by atoms with Crippen molar-refractivity contribution >= 4 is 65.1 Å². The molecule has 578 valence electrons. The number of halogens is 3. The number of imide groups is 1. The van der Waals surface area contributed by atoms with E-state index in [2.05, 4.69) is 37.2 Å². The first-order valence-electron chi connectivity index (χ1n) is 35.9. The summed E-state index contributed by atoms with van der Waals surface area (Å²) in [6, 6.07) is 6.34. The van der Waals surface area contributed by atoms with E-state index in [4.69, 9.17) is 19.9 Å². The van der Waals surface area contributed by atoms with E-state index in [1.54, 1.807) is 96.7 Å². The normalized spacial score (nSPS) is 17.8. The maximum absolute atomic E-state index is 14.8. The van der Waals surface area contributed by atoms with Gasteiger partial charge in [0, 0.05) is 90.7 Å². The lowest BCUT2D eigenvalue weighted by Crippen LogP contribution is -2.60. The number of likely N-dealkylation sites (N-methyl/N-ethyl adjacent to an activating group) is 2. The van der Waals surface area contributed by atoms with Gasteiger partial charge in [0.2, 0.25) is 35.4 Å². The van der Waals surface area contributed by atoms with E-state index < -0.39 is 157 Å². The number of likely N-dealkylation sites (tertiary alicyclic amines) is 1. The van der Waals surface area contributed by atoms with E-state index in [0.29, 0.717) is 42.6 Å². The molecule has 2 aromatic carbocycles. The topological polar surface area (TPSA) is 362 Å². The number of aliphatic hydroxyl groups excluding tert-OH is 2. The second kappa shape index (κ2) is 42.9. The molecule has 103 heavy (non-hydrogen) atoms. The van der Waals surface area contributed by atoms with Crippen LogP contribution in [-0.2, 0) is 59.2 Å². The quantitative estimate of drug-likeness (QED) is 0.0201. The third-order valence-corrected chi connectivity index (χ3v) is 19.3. The standard InChI is InChI=1S/C73H115F3N12O15/c1-15-46(8)63(54(101-13)41-59(92)87-40-24-28-53(87)65(102-14)47(9)66(94)80-48(10)64(93)50-25-18-16-19-26-50)85(11)70(98)61(44(4)5)84-69(97)62(45(6)7)86(12)72(100)103-42-49-31-33-51(34-32-49)81-56(89)30-23-37-78-67(95)52(27-22-38-79-71(77)99)82-68(96)60(43(2)3)83-55(73(74,75)76)29-20-17-21-39-88-57(90)35-36-58(88)91/h16,18-19,25-26,31-36,43-48,52-55,60-66,80,83,93-94H,15,17,20-24,27-30,37-42H2,1-14H3,(H,78,95)(H,81,89)(H,82,96)(H,84,97)(H3,77,79,99)/t46-,47+,48+,52-,53-,54+,55-,60-,61-,62-,63-,64+,65+,66?/m0/s1. The highest BCUT2D eigenvalue weighted by molar-refractivity contribution is 6.12. The molecular formula is C73H115F3N12O15. The Morgan fingerprint density at radius 1 is 0.718 bits per heavy atom. The predicted molar refractivity (Wildman–Crippen MR) is 381 cm³/mol. The number of alkyl halides is 3. The maximum Gasteiger partial charge on any atom is 0.410 e. The second-order valence-electron chi connectivity index (χ2n) is 28.1. The SMILES string of the molecule is CC[C@H](C)[C@@H]([C@@H](CC(=O)N1CCC[C@H]1[C@H](OC)[C@@H](C)C(O)N[C@H](C)[C@@H](O)c1ccccc1)OC)N(C)C(=O)[C@@H](NC(=O)[C@H](C(C)C)N(C)C(=O)OCc1ccc(NC(=O)CCCNC(=O)[C@H](CCCNC(N)=O)NC(=O)[C@@H](N[C@@H](CCCCCN2C(=O)C=CC2=O)C(F)(F)F)C(C)C)cc1)C(C)C. The number of methoxy groups -OCH3 is 2. The molecule has 30 heteroatoms. The summed E-state index contributed by atoms with van der Waals surface area (Å²) in [6.07, 6.45) is -4.37. The van der Waals surface area contributed by atoms with Crippen molar-refractivity contribution in [1.29, 1.82) is 0 Å². The Hall–Kier alpha value is -7.77. The molecule has 0 aromatic heterocycles. The van der Waals surface area contributed by atoms with Gasteiger partial charge in [-0.25, -0.2) is 9.59 Å². The smallest absolute Gasteiger partial charge is 0.410 e. The van der Waals surface area contributed by atoms with Crippen molar-refractivity contribution in [2.75, 3.05) is 59.8 Å². The van der Waals surface area contributed by atoms with Crippen LogP contribution in [0.15, 0.2) is 66.7 Å². The first-order valence-corrected chi connectivity index (χ1v) is 35.9. The summed E-state index contributed by atoms with van der Waals surface area (Å²) < 4.78 is 60.9. The average molecular weight is 1460 g/mol. The third-order valence-electron chi connectivity index (χ3n) is 19.3. The molecular weight excluding hydrogens is 1340 g/mol. The Bertz CT molecular complexity index is 3080. The largest absolute Gasteiger partial charge is 0.445 e. The fourth-order valence-electron chi connectivity index (χ4n) is 13.2. The van der Waals surface area contributed by atoms with Gasteiger partial charge < -0.3 is 66.5 Å². The minimum Gasteiger partial charge on any atom is -0.445 e. The number of carbonyl (C=O) groups excluding carboxylic acids is 10. The Morgan fingerprint density at radius 2 is 1.35 bits per heavy atom. The molecule has 14 atom stereocenters. The van der Waals surface area contributed by atoms with Crippen molar-refractivity contribution in [1.82, 2.24) is 51.5 Å². The summed E-state index contributed by atoms with van der Waals surface area (Å²) in [6.45, 7) is 18.1. The highest BCUT2D eigenvalue weighted by atomic mass is 19.4. The number of rotatable bonds is 44. The number of nitrogens with two attached hydrogens (primary N) is 1. The molecule has 4 rings (SSSR count). The summed E-state index contributed by atoms with van der Waals surface area (Å²) in [5.74, 6) is -6.38. The van der Waals surface area contributed by atoms with Gasteiger partial charge >= 0.3 is 18.3 Å². The van der Waals surface area contributed by atoms with Gasteiger partial charge in [0.15, 0.2) is 0 Å². The van der Waals surface area contributed by atoms with Crippen molar-refractivity contribution in [3.63, 3.8) is 0 Å². The van der Waals surface area contributed by atoms with Crippen molar-refractivity contribution in [3.05, 3.63) is 77.9 Å². The summed E-state index contributed by atoms with van der Waals surface area (Å²) in [7, 11) is 6.11. The zero-order valence-electron chi connectivity index (χ0n) is 62.4. The monoisotopic (exact) mass is 1460 g/mol. The third kappa shape index (κ3) is 27.0. The minimum absolute atomic E-state index is 0.0305. The number of amides is 11. The van der Waals surface area contributed by atoms with E-state index >= 15 is 0 Å². The molecule has 27 nitrogen and oxygen atoms in total. The summed E-state index contributed by atoms with van der Waals surface area (Å²) in [4.78, 5) is 138. The van der Waals surface area contributed by atoms with Crippen LogP contribution in [0.5, 0.6) is 0 Å². The molecule has 2 aliphatic heterocycles. The minimum atomic E-state index is -4.75. The van der Waals surface area contributed by atoms with Gasteiger partial charge in [-0.15, -0.1) is 0 Å². The van der Waals surface area contributed by atoms with Gasteiger partial charge in [0.1, 0.15) is 37.0 Å². The molecule has 2 aliphatic rings. The van der Waals surface area contributed by atoms with Crippen LogP contribution >= 0.6 is 0 Å². The molecule has 1 fully saturated rings. The first kappa shape index (κ1) is 87.6. The summed E-state index contributed by atoms with van der Waals surface area (Å²) in [5.41, 5.74) is 6.83. The number of nitrogens with zero attached hydrogens (tertiary/aromatic N) is 4. The van der Waals surface area contributed by atoms with E-state index in [-0.39, 0.29) is 95.5 Å². The number of carbonyl (C=O) groups is 10. The van der Waals surface area contributed by atoms with Gasteiger partial charge in [-0.1, -0.05) is 124 Å². The molecule has 0 saturated carbocycles. The first-order chi connectivity index (χ1) is 48.6. The molecule has 11 amide bonds. The highest BCUT2D eigenvalue weighted by Gasteiger charge is 2.45. The molecule has 0 radical (unpaired) electrons. The van der Waals surface area contributed by atoms with Gasteiger partial charge in [-0.05, 0) is 98.8 Å². The van der Waals surface area contributed by atoms with Crippen LogP contribution in [0.2, 0.25) is 0 Å². The number of unbranched alkanes of at least 4 members (excludes halogenated alkanes) is 2. The highest BCUT2D eigenvalue weighted by Crippen LogP contribution is 2.32. The van der Waals surface area contributed by atoms with E-state index in [1.165, 1.54) is 19.1 Å². The van der Waals surface area contributed by atoms with Crippen molar-refractivity contribution in [3.8, 4) is 0 Å². The number of nitrogens with one attached hydrogen (secondary N) is 7. The molecule has 1 saturated heterocycles. The van der Waals surface area contributed by atoms with Crippen molar-refractivity contribution in [2.24, 2.45) is 35.3 Å². The van der Waals surface area contributed by atoms with Crippen LogP contribution in [0.4, 0.5) is 28.4 Å². The molecule has 0 aliphatic carbocycles. The van der Waals surface area contributed by atoms with Crippen LogP contribution in [0, 0.1) is 29.6 Å². The van der Waals surface area contributed by atoms with E-state index in [1.807, 2.05) is 51.1 Å². The predicted octanol–water partition coefficient (Wildman–Crippen LogP) is 6.17. The van der Waals surface area contributed by atoms with Gasteiger partial charge in [0.25, 0.3) is 11.8 Å². The Morgan fingerprint density at radius 3 is 1.92 bits per heavy atom. The average Bonchev–Trinajstić information content (AvgIpc) is 1.55. The Kier molecular flexibility index (Phi) is 36.5. The fraction of sp³-hybridized carbons (Fsp3) is 0.671. The van der Waals surface area contributed by atoms with Crippen LogP contribution in [0.25, 0.3) is 0 Å². The number of aliphatic hydroxyl groups is 2. The van der Waals surface area contributed by atoms with Gasteiger partial charge in [-0.3, -0.25) is 58.8 Å². The van der Waals surface area contributed by atoms with E-state index in [9.17, 15) is 71.3 Å². The fourth-order valence-corrected chi connectivity index (χ4v) is 13.2. The van der Waals surface area contributed by atoms with Gasteiger partial charge in [0.05, 0.1) is 42.9 Å². The molecule has 1 unspecified atom stereocenters. The van der Waals surface area contributed by atoms with Crippen LogP contribution in [-0.4, -0.2) is 217 Å². The number of anilines is 1. The molecule has 2 aromatic rings. The lowest BCUT2D eigenvalue weighted by Gasteiger charge is -2.41. The zero-order chi connectivity index (χ0) is 77.0. The van der Waals surface area contributed by atoms with Crippen molar-refractivity contribution in [2.45, 2.75) is 232 Å². The molecule has 0 spiro atoms. The number of urea groups is 1. The number of ether oxygens (including phenoxy) is 3. The van der Waals surface area contributed by atoms with Crippen LogP contribution < -0.4 is 43.0 Å². The Balaban J connectivity index is 1.31. The summed E-state index contributed by atoms with van der Waals surface area (Å²) >= 11 is 0. The Labute approximate surface area is 604 Å². The molecule has 11 N–H and O–H groups in total. The molecule has 0 bridgehead atoms. The van der Waals surface area contributed by atoms with Gasteiger partial charge in [-0.2, -0.15) is 13.2 Å². The van der Waals surface area contributed by atoms with Crippen LogP contribution in [0.3, 0.4) is 0 Å². The number of hydrogen-bond donors (Lipinski definition) is 10. The number of hydrogen-bond acceptors (Lipinski definition) is 17. The maximum atomic E-state index is 14.8. The van der Waals surface area contributed by atoms with Crippen LogP contribution in [0.1, 0.15) is 164 Å². The number of primary amides is 1. The zero-order valence-corrected chi connectivity index (χ0v) is 62.4. The second-order valence-corrected chi connectivity index (χ2v) is 28.1. The summed E-state index contributed by atoms with van der Waals surface area (Å²) in [5, 5.41) is 41.3. The lowest BCUT2D eigenvalue weighted by molar-refractivity contribution is -0.162.